The molecule has 0 bridgehead atoms. The van der Waals surface area contributed by atoms with E-state index in [1.54, 1.807) is 0 Å². The van der Waals surface area contributed by atoms with Gasteiger partial charge < -0.3 is 0 Å². The predicted molar refractivity (Wildman–Crippen MR) is 87.0 cm³/mol. The number of aliphatic imine (C=N–C) groups is 1. The summed E-state index contributed by atoms with van der Waals surface area (Å²) >= 11 is 0. The molecule has 1 rings (SSSR count). The van der Waals surface area contributed by atoms with Crippen molar-refractivity contribution in [1.29, 1.82) is 0 Å². The molecular weight excluding hydrogens is 230 g/mol. The third-order valence-electron chi connectivity index (χ3n) is 3.38. The average molecular weight is 257 g/mol. The zero-order chi connectivity index (χ0) is 13.9. The smallest absolute Gasteiger partial charge is 0.0467 e. The van der Waals surface area contributed by atoms with Gasteiger partial charge >= 0.3 is 0 Å². The molecule has 1 aromatic rings. The minimum absolute atomic E-state index is 0.462. The molecule has 0 saturated carbocycles. The highest BCUT2D eigenvalue weighted by atomic mass is 14.7. The molecule has 0 saturated heterocycles. The van der Waals surface area contributed by atoms with Crippen molar-refractivity contribution in [2.75, 3.05) is 0 Å². The Morgan fingerprint density at radius 2 is 1.89 bits per heavy atom. The van der Waals surface area contributed by atoms with E-state index in [0.717, 1.165) is 6.42 Å². The second kappa shape index (κ2) is 9.55. The normalized spacial score (nSPS) is 12.7. The quantitative estimate of drug-likeness (QED) is 0.420. The first kappa shape index (κ1) is 15.7. The highest BCUT2D eigenvalue weighted by Gasteiger charge is 1.97. The molecule has 19 heavy (non-hydrogen) atoms. The maximum atomic E-state index is 4.61. The van der Waals surface area contributed by atoms with Crippen molar-refractivity contribution in [3.63, 3.8) is 0 Å². The maximum absolute atomic E-state index is 4.61. The standard InChI is InChI=1S/C18H27N/c1-4-6-7-8-9-16(3)19-15-14-18-12-10-17(5-2)11-13-18/h5,10-13,15-16H,2,4,6-9,14H2,1,3H3. The first-order valence-corrected chi connectivity index (χ1v) is 7.49. The molecule has 0 heterocycles. The van der Waals surface area contributed by atoms with Gasteiger partial charge in [0, 0.05) is 18.7 Å². The largest absolute Gasteiger partial charge is 0.294 e. The fraction of sp³-hybridized carbons (Fsp3) is 0.500. The Morgan fingerprint density at radius 1 is 1.16 bits per heavy atom. The van der Waals surface area contributed by atoms with Crippen LogP contribution >= 0.6 is 0 Å². The Balaban J connectivity index is 2.26. The molecule has 0 amide bonds. The van der Waals surface area contributed by atoms with Crippen LogP contribution in [0.4, 0.5) is 0 Å². The van der Waals surface area contributed by atoms with E-state index in [2.05, 4.69) is 55.9 Å². The second-order valence-electron chi connectivity index (χ2n) is 5.18. The van der Waals surface area contributed by atoms with E-state index in [-0.39, 0.29) is 0 Å². The lowest BCUT2D eigenvalue weighted by molar-refractivity contribution is 0.577. The Bertz CT molecular complexity index is 375. The van der Waals surface area contributed by atoms with Gasteiger partial charge in [-0.1, -0.05) is 69.5 Å². The molecule has 1 aromatic carbocycles. The fourth-order valence-electron chi connectivity index (χ4n) is 2.07. The number of unbranched alkanes of at least 4 members (excludes halogenated alkanes) is 3. The van der Waals surface area contributed by atoms with E-state index in [4.69, 9.17) is 0 Å². The molecule has 0 radical (unpaired) electrons. The number of benzene rings is 1. The van der Waals surface area contributed by atoms with Crippen molar-refractivity contribution < 1.29 is 0 Å². The first-order valence-electron chi connectivity index (χ1n) is 7.49. The number of nitrogens with zero attached hydrogens (tertiary/aromatic N) is 1. The van der Waals surface area contributed by atoms with Crippen LogP contribution in [0.2, 0.25) is 0 Å². The van der Waals surface area contributed by atoms with Crippen molar-refractivity contribution in [1.82, 2.24) is 0 Å². The maximum Gasteiger partial charge on any atom is 0.0467 e. The first-order chi connectivity index (χ1) is 9.26. The monoisotopic (exact) mass is 257 g/mol. The van der Waals surface area contributed by atoms with Gasteiger partial charge in [-0.3, -0.25) is 4.99 Å². The molecule has 0 aromatic heterocycles. The minimum atomic E-state index is 0.462. The van der Waals surface area contributed by atoms with Gasteiger partial charge in [0.15, 0.2) is 0 Å². The summed E-state index contributed by atoms with van der Waals surface area (Å²) in [6.07, 6.45) is 11.4. The van der Waals surface area contributed by atoms with Crippen molar-refractivity contribution >= 4 is 12.3 Å². The summed E-state index contributed by atoms with van der Waals surface area (Å²) in [5.74, 6) is 0. The van der Waals surface area contributed by atoms with Gasteiger partial charge in [-0.2, -0.15) is 0 Å². The third-order valence-corrected chi connectivity index (χ3v) is 3.38. The zero-order valence-corrected chi connectivity index (χ0v) is 12.4. The number of hydrogen-bond acceptors (Lipinski definition) is 1. The highest BCUT2D eigenvalue weighted by Crippen LogP contribution is 2.08. The molecule has 0 aliphatic rings. The number of hydrogen-bond donors (Lipinski definition) is 0. The Morgan fingerprint density at radius 3 is 2.53 bits per heavy atom. The van der Waals surface area contributed by atoms with Gasteiger partial charge in [-0.25, -0.2) is 0 Å². The van der Waals surface area contributed by atoms with Crippen molar-refractivity contribution in [3.8, 4) is 0 Å². The molecule has 0 fully saturated rings. The van der Waals surface area contributed by atoms with Gasteiger partial charge in [0.05, 0.1) is 0 Å². The summed E-state index contributed by atoms with van der Waals surface area (Å²) in [4.78, 5) is 4.61. The third kappa shape index (κ3) is 6.95. The van der Waals surface area contributed by atoms with Crippen molar-refractivity contribution in [3.05, 3.63) is 42.0 Å². The van der Waals surface area contributed by atoms with Crippen LogP contribution < -0.4 is 0 Å². The lowest BCUT2D eigenvalue weighted by Gasteiger charge is -2.05. The molecule has 1 unspecified atom stereocenters. The highest BCUT2D eigenvalue weighted by molar-refractivity contribution is 5.62. The van der Waals surface area contributed by atoms with Crippen molar-refractivity contribution in [2.24, 2.45) is 4.99 Å². The lowest BCUT2D eigenvalue weighted by atomic mass is 10.1. The van der Waals surface area contributed by atoms with E-state index in [0.29, 0.717) is 6.04 Å². The minimum Gasteiger partial charge on any atom is -0.294 e. The van der Waals surface area contributed by atoms with E-state index in [1.807, 2.05) is 6.08 Å². The Kier molecular flexibility index (Phi) is 7.88. The van der Waals surface area contributed by atoms with Crippen LogP contribution in [0.1, 0.15) is 57.1 Å². The van der Waals surface area contributed by atoms with Crippen molar-refractivity contribution in [2.45, 2.75) is 58.4 Å². The van der Waals surface area contributed by atoms with E-state index >= 15 is 0 Å². The summed E-state index contributed by atoms with van der Waals surface area (Å²) in [5.41, 5.74) is 2.48. The van der Waals surface area contributed by atoms with Crippen LogP contribution in [-0.4, -0.2) is 12.3 Å². The molecule has 104 valence electrons. The number of rotatable bonds is 9. The molecule has 0 N–H and O–H groups in total. The summed E-state index contributed by atoms with van der Waals surface area (Å²) < 4.78 is 0. The fourth-order valence-corrected chi connectivity index (χ4v) is 2.07. The molecule has 0 aliphatic heterocycles. The average Bonchev–Trinajstić information content (AvgIpc) is 2.44. The molecule has 0 aliphatic carbocycles. The summed E-state index contributed by atoms with van der Waals surface area (Å²) in [6, 6.07) is 8.96. The van der Waals surface area contributed by atoms with Crippen LogP contribution in [0.5, 0.6) is 0 Å². The lowest BCUT2D eigenvalue weighted by Crippen LogP contribution is -1.99. The Labute approximate surface area is 118 Å². The SMILES string of the molecule is C=Cc1ccc(CC=NC(C)CCCCCC)cc1. The van der Waals surface area contributed by atoms with Crippen LogP contribution in [0.25, 0.3) is 6.08 Å². The molecule has 1 atom stereocenters. The molecule has 1 nitrogen and oxygen atoms in total. The topological polar surface area (TPSA) is 12.4 Å². The van der Waals surface area contributed by atoms with E-state index in [9.17, 15) is 0 Å². The van der Waals surface area contributed by atoms with Gasteiger partial charge in [0.25, 0.3) is 0 Å². The van der Waals surface area contributed by atoms with Gasteiger partial charge in [-0.05, 0) is 24.5 Å². The van der Waals surface area contributed by atoms with Crippen LogP contribution in [0, 0.1) is 0 Å². The predicted octanol–water partition coefficient (Wildman–Crippen LogP) is 5.30. The van der Waals surface area contributed by atoms with E-state index in [1.165, 1.54) is 43.2 Å². The van der Waals surface area contributed by atoms with Crippen LogP contribution in [-0.2, 0) is 6.42 Å². The molecule has 0 spiro atoms. The van der Waals surface area contributed by atoms with Crippen LogP contribution in [0.15, 0.2) is 35.8 Å². The summed E-state index contributed by atoms with van der Waals surface area (Å²) in [7, 11) is 0. The molecule has 1 heteroatoms. The Hall–Kier alpha value is -1.37. The summed E-state index contributed by atoms with van der Waals surface area (Å²) in [5, 5.41) is 0. The van der Waals surface area contributed by atoms with Gasteiger partial charge in [0.1, 0.15) is 0 Å². The van der Waals surface area contributed by atoms with Crippen LogP contribution in [0.3, 0.4) is 0 Å². The molecular formula is C18H27N. The van der Waals surface area contributed by atoms with E-state index < -0.39 is 0 Å². The van der Waals surface area contributed by atoms with Gasteiger partial charge in [0.2, 0.25) is 0 Å². The zero-order valence-electron chi connectivity index (χ0n) is 12.4. The second-order valence-corrected chi connectivity index (χ2v) is 5.18. The van der Waals surface area contributed by atoms with Gasteiger partial charge in [-0.15, -0.1) is 0 Å². The summed E-state index contributed by atoms with van der Waals surface area (Å²) in [6.45, 7) is 8.22.